The summed E-state index contributed by atoms with van der Waals surface area (Å²) in [6.45, 7) is 4.51. The van der Waals surface area contributed by atoms with Gasteiger partial charge in [-0.2, -0.15) is 8.42 Å². The molecule has 0 spiro atoms. The molecular formula is C39H75NO5S. The van der Waals surface area contributed by atoms with E-state index in [1.54, 1.807) is 6.08 Å². The van der Waals surface area contributed by atoms with Crippen molar-refractivity contribution < 1.29 is 22.9 Å². The van der Waals surface area contributed by atoms with Gasteiger partial charge in [-0.1, -0.05) is 173 Å². The van der Waals surface area contributed by atoms with Gasteiger partial charge in [0.1, 0.15) is 0 Å². The first-order valence-corrected chi connectivity index (χ1v) is 21.1. The van der Waals surface area contributed by atoms with Gasteiger partial charge in [-0.25, -0.2) is 0 Å². The standard InChI is InChI=1S/C39H75NO5S/c1-3-5-7-9-11-13-15-17-19-21-22-24-26-28-30-32-34-38(41)37(36-46(43,44)45)40-39(42)35-33-31-29-27-25-23-20-18-16-14-12-10-8-6-4-2/h18,20,32,34,37-38,41H,3-17,19,21-31,33,35-36H2,1-2H3,(H,40,42)(H,43,44,45)/b20-18-,34-32+. The van der Waals surface area contributed by atoms with Crippen molar-refractivity contribution in [2.24, 2.45) is 0 Å². The monoisotopic (exact) mass is 670 g/mol. The van der Waals surface area contributed by atoms with Crippen molar-refractivity contribution in [3.05, 3.63) is 24.3 Å². The number of allylic oxidation sites excluding steroid dienone is 3. The van der Waals surface area contributed by atoms with E-state index in [4.69, 9.17) is 0 Å². The molecule has 0 aromatic rings. The lowest BCUT2D eigenvalue weighted by molar-refractivity contribution is -0.122. The Labute approximate surface area is 285 Å². The number of rotatable bonds is 35. The van der Waals surface area contributed by atoms with Crippen molar-refractivity contribution in [1.29, 1.82) is 0 Å². The molecule has 0 aliphatic heterocycles. The van der Waals surface area contributed by atoms with Gasteiger partial charge >= 0.3 is 0 Å². The Balaban J connectivity index is 3.96. The molecule has 7 heteroatoms. The minimum absolute atomic E-state index is 0.286. The summed E-state index contributed by atoms with van der Waals surface area (Å²) in [5.41, 5.74) is 0. The van der Waals surface area contributed by atoms with Gasteiger partial charge in [0.2, 0.25) is 5.91 Å². The van der Waals surface area contributed by atoms with E-state index in [1.165, 1.54) is 122 Å². The Morgan fingerprint density at radius 2 is 0.913 bits per heavy atom. The van der Waals surface area contributed by atoms with Crippen LogP contribution in [0.25, 0.3) is 0 Å². The van der Waals surface area contributed by atoms with Crippen molar-refractivity contribution in [1.82, 2.24) is 5.32 Å². The zero-order chi connectivity index (χ0) is 34.0. The SMILES string of the molecule is CCCCCCCC/C=C\CCCCCCCC(=O)NC(CS(=O)(=O)O)C(O)/C=C/CCCCCCCCCCCCCCCC. The normalized spacial score (nSPS) is 13.6. The predicted octanol–water partition coefficient (Wildman–Crippen LogP) is 11.2. The van der Waals surface area contributed by atoms with Crippen molar-refractivity contribution in [2.45, 2.75) is 212 Å². The molecule has 1 amide bonds. The van der Waals surface area contributed by atoms with Gasteiger partial charge in [-0.3, -0.25) is 9.35 Å². The van der Waals surface area contributed by atoms with E-state index < -0.39 is 28.0 Å². The third-order valence-corrected chi connectivity index (χ3v) is 9.65. The molecule has 272 valence electrons. The van der Waals surface area contributed by atoms with Crippen LogP contribution in [0.2, 0.25) is 0 Å². The van der Waals surface area contributed by atoms with Gasteiger partial charge in [0.05, 0.1) is 17.9 Å². The molecule has 0 fully saturated rings. The zero-order valence-electron chi connectivity index (χ0n) is 30.2. The fourth-order valence-electron chi connectivity index (χ4n) is 5.91. The van der Waals surface area contributed by atoms with Crippen LogP contribution >= 0.6 is 0 Å². The van der Waals surface area contributed by atoms with Gasteiger partial charge in [-0.05, 0) is 44.9 Å². The summed E-state index contributed by atoms with van der Waals surface area (Å²) in [5.74, 6) is -0.985. The third-order valence-electron chi connectivity index (χ3n) is 8.87. The van der Waals surface area contributed by atoms with Crippen LogP contribution in [0.4, 0.5) is 0 Å². The zero-order valence-corrected chi connectivity index (χ0v) is 31.0. The van der Waals surface area contributed by atoms with E-state index in [-0.39, 0.29) is 12.3 Å². The highest BCUT2D eigenvalue weighted by Crippen LogP contribution is 2.14. The average molecular weight is 670 g/mol. The largest absolute Gasteiger partial charge is 0.387 e. The van der Waals surface area contributed by atoms with E-state index in [9.17, 15) is 22.9 Å². The molecule has 2 unspecified atom stereocenters. The van der Waals surface area contributed by atoms with Crippen LogP contribution in [0.5, 0.6) is 0 Å². The van der Waals surface area contributed by atoms with Crippen molar-refractivity contribution >= 4 is 16.0 Å². The van der Waals surface area contributed by atoms with E-state index in [1.807, 2.05) is 6.08 Å². The van der Waals surface area contributed by atoms with Crippen LogP contribution in [0.3, 0.4) is 0 Å². The molecule has 0 aromatic heterocycles. The van der Waals surface area contributed by atoms with Crippen LogP contribution in [0, 0.1) is 0 Å². The topological polar surface area (TPSA) is 104 Å². The summed E-state index contributed by atoms with van der Waals surface area (Å²) < 4.78 is 32.4. The van der Waals surface area contributed by atoms with Gasteiger partial charge in [0, 0.05) is 6.42 Å². The smallest absolute Gasteiger partial charge is 0.267 e. The summed E-state index contributed by atoms with van der Waals surface area (Å²) in [4.78, 5) is 12.5. The second-order valence-corrected chi connectivity index (χ2v) is 15.1. The fraction of sp³-hybridized carbons (Fsp3) is 0.872. The lowest BCUT2D eigenvalue weighted by atomic mass is 10.0. The van der Waals surface area contributed by atoms with Crippen LogP contribution in [-0.2, 0) is 14.9 Å². The summed E-state index contributed by atoms with van der Waals surface area (Å²) in [6, 6.07) is -1.06. The molecule has 0 saturated carbocycles. The number of hydrogen-bond donors (Lipinski definition) is 3. The Morgan fingerprint density at radius 1 is 0.565 bits per heavy atom. The van der Waals surface area contributed by atoms with Crippen LogP contribution in [0.1, 0.15) is 200 Å². The van der Waals surface area contributed by atoms with Gasteiger partial charge < -0.3 is 10.4 Å². The highest BCUT2D eigenvalue weighted by Gasteiger charge is 2.24. The second-order valence-electron chi connectivity index (χ2n) is 13.6. The summed E-state index contributed by atoms with van der Waals surface area (Å²) in [7, 11) is -4.34. The Bertz CT molecular complexity index is 826. The molecule has 0 heterocycles. The maximum Gasteiger partial charge on any atom is 0.267 e. The molecule has 0 bridgehead atoms. The molecular weight excluding hydrogens is 594 g/mol. The Morgan fingerprint density at radius 3 is 1.30 bits per heavy atom. The minimum atomic E-state index is -4.34. The van der Waals surface area contributed by atoms with Crippen molar-refractivity contribution in [3.8, 4) is 0 Å². The lowest BCUT2D eigenvalue weighted by Crippen LogP contribution is -2.46. The van der Waals surface area contributed by atoms with Crippen molar-refractivity contribution in [3.63, 3.8) is 0 Å². The number of carbonyl (C=O) groups is 1. The van der Waals surface area contributed by atoms with E-state index in [0.717, 1.165) is 57.8 Å². The number of hydrogen-bond acceptors (Lipinski definition) is 4. The van der Waals surface area contributed by atoms with Gasteiger partial charge in [-0.15, -0.1) is 0 Å². The first kappa shape index (κ1) is 44.8. The van der Waals surface area contributed by atoms with Gasteiger partial charge in [0.25, 0.3) is 10.1 Å². The van der Waals surface area contributed by atoms with Gasteiger partial charge in [0.15, 0.2) is 0 Å². The fourth-order valence-corrected chi connectivity index (χ4v) is 6.65. The molecule has 0 rings (SSSR count). The molecule has 0 aliphatic carbocycles. The van der Waals surface area contributed by atoms with Crippen LogP contribution in [-0.4, -0.2) is 41.9 Å². The highest BCUT2D eigenvalue weighted by atomic mass is 32.2. The first-order valence-electron chi connectivity index (χ1n) is 19.5. The molecule has 6 nitrogen and oxygen atoms in total. The van der Waals surface area contributed by atoms with E-state index >= 15 is 0 Å². The number of carbonyl (C=O) groups excluding carboxylic acids is 1. The van der Waals surface area contributed by atoms with E-state index in [2.05, 4.69) is 31.3 Å². The predicted molar refractivity (Wildman–Crippen MR) is 198 cm³/mol. The number of unbranched alkanes of at least 4 members (excludes halogenated alkanes) is 25. The van der Waals surface area contributed by atoms with Crippen LogP contribution < -0.4 is 5.32 Å². The first-order chi connectivity index (χ1) is 22.3. The minimum Gasteiger partial charge on any atom is -0.387 e. The van der Waals surface area contributed by atoms with E-state index in [0.29, 0.717) is 0 Å². The van der Waals surface area contributed by atoms with Crippen molar-refractivity contribution in [2.75, 3.05) is 5.75 Å². The Kier molecular flexibility index (Phi) is 32.8. The summed E-state index contributed by atoms with van der Waals surface area (Å²) >= 11 is 0. The second kappa shape index (κ2) is 33.7. The molecule has 3 N–H and O–H groups in total. The molecule has 0 aromatic carbocycles. The molecule has 46 heavy (non-hydrogen) atoms. The molecule has 0 saturated heterocycles. The van der Waals surface area contributed by atoms with Crippen LogP contribution in [0.15, 0.2) is 24.3 Å². The summed E-state index contributed by atoms with van der Waals surface area (Å²) in [6.07, 6.45) is 41.6. The molecule has 0 aliphatic rings. The molecule has 2 atom stereocenters. The lowest BCUT2D eigenvalue weighted by Gasteiger charge is -2.21. The highest BCUT2D eigenvalue weighted by molar-refractivity contribution is 7.85. The number of aliphatic hydroxyl groups is 1. The maximum atomic E-state index is 12.5. The third kappa shape index (κ3) is 34.2. The number of nitrogens with one attached hydrogen (secondary N) is 1. The Hall–Kier alpha value is -1.18. The number of amides is 1. The average Bonchev–Trinajstić information content (AvgIpc) is 3.01. The quantitative estimate of drug-likeness (QED) is 0.0354. The maximum absolute atomic E-state index is 12.5. The molecule has 0 radical (unpaired) electrons. The number of aliphatic hydroxyl groups excluding tert-OH is 1. The summed E-state index contributed by atoms with van der Waals surface area (Å²) in [5, 5.41) is 13.2.